The van der Waals surface area contributed by atoms with Gasteiger partial charge < -0.3 is 0 Å². The van der Waals surface area contributed by atoms with Crippen molar-refractivity contribution in [1.29, 1.82) is 0 Å². The van der Waals surface area contributed by atoms with E-state index < -0.39 is 0 Å². The van der Waals surface area contributed by atoms with E-state index in [0.717, 1.165) is 23.8 Å². The maximum absolute atomic E-state index is 2.54. The maximum atomic E-state index is 2.54. The van der Waals surface area contributed by atoms with Crippen LogP contribution in [0, 0.1) is 17.8 Å². The zero-order valence-corrected chi connectivity index (χ0v) is 10.3. The lowest BCUT2D eigenvalue weighted by Crippen LogP contribution is -2.60. The molecular formula is C12H25N. The largest absolute Gasteiger partial charge is 0.298 e. The van der Waals surface area contributed by atoms with E-state index in [-0.39, 0.29) is 0 Å². The Balaban J connectivity index is 2.64. The molecule has 0 spiro atoms. The van der Waals surface area contributed by atoms with Crippen molar-refractivity contribution in [1.82, 2.24) is 4.90 Å². The Kier molecular flexibility index (Phi) is 2.78. The molecule has 0 radical (unpaired) electrons. The van der Waals surface area contributed by atoms with Gasteiger partial charge in [-0.3, -0.25) is 4.90 Å². The second-order valence-electron chi connectivity index (χ2n) is 5.85. The highest BCUT2D eigenvalue weighted by atomic mass is 15.2. The van der Waals surface area contributed by atoms with Crippen LogP contribution >= 0.6 is 0 Å². The molecule has 0 aromatic heterocycles. The molecule has 1 heteroatoms. The van der Waals surface area contributed by atoms with Crippen molar-refractivity contribution >= 4 is 0 Å². The summed E-state index contributed by atoms with van der Waals surface area (Å²) < 4.78 is 0. The maximum Gasteiger partial charge on any atom is 0.0154 e. The van der Waals surface area contributed by atoms with E-state index in [1.807, 2.05) is 0 Å². The topological polar surface area (TPSA) is 3.24 Å². The minimum atomic E-state index is 0.313. The van der Waals surface area contributed by atoms with Crippen molar-refractivity contribution in [2.24, 2.45) is 17.8 Å². The first kappa shape index (κ1) is 11.0. The molecule has 0 bridgehead atoms. The molecule has 1 aliphatic carbocycles. The zero-order chi connectivity index (χ0) is 10.4. The summed E-state index contributed by atoms with van der Waals surface area (Å²) in [6, 6.07) is 0.787. The Morgan fingerprint density at radius 3 is 1.54 bits per heavy atom. The summed E-state index contributed by atoms with van der Waals surface area (Å²) in [4.78, 5) is 2.54. The van der Waals surface area contributed by atoms with Gasteiger partial charge in [0.1, 0.15) is 0 Å². The molecule has 1 saturated carbocycles. The zero-order valence-electron chi connectivity index (χ0n) is 10.3. The van der Waals surface area contributed by atoms with Crippen LogP contribution in [0.15, 0.2) is 0 Å². The van der Waals surface area contributed by atoms with E-state index in [9.17, 15) is 0 Å². The van der Waals surface area contributed by atoms with E-state index >= 15 is 0 Å². The molecule has 2 unspecified atom stereocenters. The first-order valence-corrected chi connectivity index (χ1v) is 5.49. The first-order valence-electron chi connectivity index (χ1n) is 5.49. The van der Waals surface area contributed by atoms with Crippen molar-refractivity contribution in [2.75, 3.05) is 7.05 Å². The first-order chi connectivity index (χ1) is 5.76. The predicted molar refractivity (Wildman–Crippen MR) is 58.8 cm³/mol. The summed E-state index contributed by atoms with van der Waals surface area (Å²) in [7, 11) is 2.27. The molecule has 78 valence electrons. The third kappa shape index (κ3) is 1.76. The summed E-state index contributed by atoms with van der Waals surface area (Å²) in [6.07, 6.45) is 0. The molecule has 0 aliphatic heterocycles. The quantitative estimate of drug-likeness (QED) is 0.604. The van der Waals surface area contributed by atoms with Gasteiger partial charge >= 0.3 is 0 Å². The lowest BCUT2D eigenvalue weighted by atomic mass is 9.62. The van der Waals surface area contributed by atoms with E-state index in [0.29, 0.717) is 5.54 Å². The molecule has 0 aromatic rings. The Morgan fingerprint density at radius 2 is 1.23 bits per heavy atom. The van der Waals surface area contributed by atoms with Crippen LogP contribution in [0.25, 0.3) is 0 Å². The van der Waals surface area contributed by atoms with Gasteiger partial charge in [0.15, 0.2) is 0 Å². The second-order valence-corrected chi connectivity index (χ2v) is 5.85. The van der Waals surface area contributed by atoms with Gasteiger partial charge in [-0.25, -0.2) is 0 Å². The Labute approximate surface area is 83.5 Å². The van der Waals surface area contributed by atoms with Crippen molar-refractivity contribution < 1.29 is 0 Å². The Morgan fingerprint density at radius 1 is 0.846 bits per heavy atom. The Hall–Kier alpha value is -0.0400. The van der Waals surface area contributed by atoms with Crippen LogP contribution in [0.1, 0.15) is 41.5 Å². The van der Waals surface area contributed by atoms with Gasteiger partial charge in [-0.1, -0.05) is 20.8 Å². The van der Waals surface area contributed by atoms with Crippen LogP contribution in [0.5, 0.6) is 0 Å². The fourth-order valence-electron chi connectivity index (χ4n) is 2.59. The van der Waals surface area contributed by atoms with Crippen molar-refractivity contribution in [3.63, 3.8) is 0 Å². The monoisotopic (exact) mass is 183 g/mol. The minimum absolute atomic E-state index is 0.313. The summed E-state index contributed by atoms with van der Waals surface area (Å²) in [5.41, 5.74) is 0.313. The van der Waals surface area contributed by atoms with Gasteiger partial charge in [-0.2, -0.15) is 0 Å². The summed E-state index contributed by atoms with van der Waals surface area (Å²) >= 11 is 0. The summed E-state index contributed by atoms with van der Waals surface area (Å²) in [5.74, 6) is 2.62. The van der Waals surface area contributed by atoms with E-state index in [2.05, 4.69) is 53.5 Å². The molecule has 2 atom stereocenters. The van der Waals surface area contributed by atoms with Crippen LogP contribution in [0.2, 0.25) is 0 Å². The molecule has 1 rings (SSSR count). The van der Waals surface area contributed by atoms with Crippen LogP contribution in [0.4, 0.5) is 0 Å². The van der Waals surface area contributed by atoms with Crippen molar-refractivity contribution in [3.05, 3.63) is 0 Å². The highest BCUT2D eigenvalue weighted by molar-refractivity contribution is 4.98. The Bertz CT molecular complexity index is 170. The molecular weight excluding hydrogens is 158 g/mol. The molecule has 0 saturated heterocycles. The number of hydrogen-bond donors (Lipinski definition) is 0. The number of nitrogens with zero attached hydrogens (tertiary/aromatic N) is 1. The van der Waals surface area contributed by atoms with Crippen LogP contribution < -0.4 is 0 Å². The average Bonchev–Trinajstić information content (AvgIpc) is 2.02. The van der Waals surface area contributed by atoms with Gasteiger partial charge in [0.05, 0.1) is 0 Å². The van der Waals surface area contributed by atoms with Crippen molar-refractivity contribution in [2.45, 2.75) is 53.1 Å². The normalized spacial score (nSPS) is 40.6. The molecule has 0 heterocycles. The highest BCUT2D eigenvalue weighted by Crippen LogP contribution is 2.44. The fourth-order valence-corrected chi connectivity index (χ4v) is 2.59. The summed E-state index contributed by atoms with van der Waals surface area (Å²) in [6.45, 7) is 14.1. The third-order valence-electron chi connectivity index (χ3n) is 4.24. The number of rotatable bonds is 1. The van der Waals surface area contributed by atoms with E-state index in [1.165, 1.54) is 0 Å². The lowest BCUT2D eigenvalue weighted by Gasteiger charge is -2.55. The highest BCUT2D eigenvalue weighted by Gasteiger charge is 2.46. The molecule has 1 aliphatic rings. The van der Waals surface area contributed by atoms with Gasteiger partial charge in [0.2, 0.25) is 0 Å². The molecule has 13 heavy (non-hydrogen) atoms. The SMILES string of the molecule is CC1C(C)C(N(C)C(C)(C)C)C1C. The van der Waals surface area contributed by atoms with Crippen LogP contribution in [-0.2, 0) is 0 Å². The standard InChI is InChI=1S/C12H25N/c1-8-9(2)11(10(8)3)13(7)12(4,5)6/h8-11H,1-7H3. The fraction of sp³-hybridized carbons (Fsp3) is 1.00. The van der Waals surface area contributed by atoms with E-state index in [1.54, 1.807) is 0 Å². The molecule has 0 N–H and O–H groups in total. The van der Waals surface area contributed by atoms with Gasteiger partial charge in [-0.15, -0.1) is 0 Å². The minimum Gasteiger partial charge on any atom is -0.298 e. The van der Waals surface area contributed by atoms with Crippen LogP contribution in [-0.4, -0.2) is 23.5 Å². The molecule has 1 nitrogen and oxygen atoms in total. The number of hydrogen-bond acceptors (Lipinski definition) is 1. The summed E-state index contributed by atoms with van der Waals surface area (Å²) in [5, 5.41) is 0. The average molecular weight is 183 g/mol. The molecule has 0 aromatic carbocycles. The third-order valence-corrected chi connectivity index (χ3v) is 4.24. The lowest BCUT2D eigenvalue weighted by molar-refractivity contribution is -0.0631. The molecule has 1 fully saturated rings. The predicted octanol–water partition coefficient (Wildman–Crippen LogP) is 3.01. The van der Waals surface area contributed by atoms with Crippen molar-refractivity contribution in [3.8, 4) is 0 Å². The second kappa shape index (κ2) is 3.27. The smallest absolute Gasteiger partial charge is 0.0154 e. The van der Waals surface area contributed by atoms with Gasteiger partial charge in [0, 0.05) is 11.6 Å². The van der Waals surface area contributed by atoms with Gasteiger partial charge in [0.25, 0.3) is 0 Å². The molecule has 0 amide bonds. The van der Waals surface area contributed by atoms with Crippen LogP contribution in [0.3, 0.4) is 0 Å². The van der Waals surface area contributed by atoms with Gasteiger partial charge in [-0.05, 0) is 45.6 Å². The van der Waals surface area contributed by atoms with E-state index in [4.69, 9.17) is 0 Å².